The fourth-order valence-corrected chi connectivity index (χ4v) is 3.13. The smallest absolute Gasteiger partial charge is 0.253 e. The molecule has 1 aliphatic rings. The Hall–Kier alpha value is -2.11. The van der Waals surface area contributed by atoms with Crippen LogP contribution in [0.15, 0.2) is 18.3 Å². The van der Waals surface area contributed by atoms with E-state index in [1.807, 2.05) is 0 Å². The molecule has 0 bridgehead atoms. The molecule has 2 N–H and O–H groups in total. The van der Waals surface area contributed by atoms with Gasteiger partial charge in [-0.05, 0) is 31.7 Å². The average molecular weight is 333 g/mol. The van der Waals surface area contributed by atoms with Gasteiger partial charge in [-0.1, -0.05) is 20.3 Å². The summed E-state index contributed by atoms with van der Waals surface area (Å²) in [5, 5.41) is 6.09. The predicted octanol–water partition coefficient (Wildman–Crippen LogP) is 2.29. The Labute approximate surface area is 143 Å². The van der Waals surface area contributed by atoms with E-state index in [2.05, 4.69) is 29.5 Å². The number of pyridine rings is 1. The van der Waals surface area contributed by atoms with Gasteiger partial charge in [0.15, 0.2) is 0 Å². The molecule has 24 heavy (non-hydrogen) atoms. The van der Waals surface area contributed by atoms with Gasteiger partial charge in [0.05, 0.1) is 18.6 Å². The van der Waals surface area contributed by atoms with Crippen molar-refractivity contribution < 1.29 is 14.3 Å². The molecule has 6 heteroatoms. The second-order valence-electron chi connectivity index (χ2n) is 6.23. The lowest BCUT2D eigenvalue weighted by atomic mass is 10.0. The van der Waals surface area contributed by atoms with Crippen molar-refractivity contribution in [3.05, 3.63) is 23.9 Å². The van der Waals surface area contributed by atoms with Crippen molar-refractivity contribution in [2.75, 3.05) is 7.11 Å². The third-order valence-corrected chi connectivity index (χ3v) is 4.71. The van der Waals surface area contributed by atoms with Crippen LogP contribution in [0.4, 0.5) is 0 Å². The lowest BCUT2D eigenvalue weighted by molar-refractivity contribution is -0.126. The summed E-state index contributed by atoms with van der Waals surface area (Å²) in [5.74, 6) is 0.173. The summed E-state index contributed by atoms with van der Waals surface area (Å²) in [5.41, 5.74) is 0.474. The molecule has 132 valence electrons. The first-order chi connectivity index (χ1) is 11.6. The van der Waals surface area contributed by atoms with E-state index in [9.17, 15) is 9.59 Å². The Morgan fingerprint density at radius 1 is 1.29 bits per heavy atom. The zero-order valence-electron chi connectivity index (χ0n) is 14.7. The van der Waals surface area contributed by atoms with E-state index in [-0.39, 0.29) is 29.8 Å². The number of carbonyl (C=O) groups excluding carboxylic acids is 2. The number of rotatable bonds is 7. The highest BCUT2D eigenvalue weighted by Crippen LogP contribution is 2.26. The molecule has 2 rings (SSSR count). The summed E-state index contributed by atoms with van der Waals surface area (Å²) >= 11 is 0. The van der Waals surface area contributed by atoms with Gasteiger partial charge in [0, 0.05) is 24.3 Å². The largest absolute Gasteiger partial charge is 0.481 e. The zero-order valence-corrected chi connectivity index (χ0v) is 14.7. The summed E-state index contributed by atoms with van der Waals surface area (Å²) in [7, 11) is 1.53. The van der Waals surface area contributed by atoms with Crippen LogP contribution in [-0.4, -0.2) is 36.0 Å². The van der Waals surface area contributed by atoms with Crippen LogP contribution in [0.1, 0.15) is 56.3 Å². The minimum atomic E-state index is -0.197. The maximum Gasteiger partial charge on any atom is 0.253 e. The average Bonchev–Trinajstić information content (AvgIpc) is 3.07. The molecule has 2 amide bonds. The van der Waals surface area contributed by atoms with Gasteiger partial charge < -0.3 is 15.4 Å². The second kappa shape index (κ2) is 8.66. The van der Waals surface area contributed by atoms with Gasteiger partial charge in [0.1, 0.15) is 0 Å². The van der Waals surface area contributed by atoms with Crippen LogP contribution in [0.25, 0.3) is 0 Å². The first-order valence-electron chi connectivity index (χ1n) is 8.70. The van der Waals surface area contributed by atoms with E-state index in [1.54, 1.807) is 12.1 Å². The lowest BCUT2D eigenvalue weighted by Gasteiger charge is -2.23. The van der Waals surface area contributed by atoms with Crippen LogP contribution in [0.2, 0.25) is 0 Å². The topological polar surface area (TPSA) is 80.3 Å². The van der Waals surface area contributed by atoms with Crippen LogP contribution in [0, 0.1) is 5.92 Å². The first kappa shape index (κ1) is 18.2. The molecule has 0 spiro atoms. The zero-order chi connectivity index (χ0) is 17.5. The fraction of sp³-hybridized carbons (Fsp3) is 0.611. The number of hydrogen-bond donors (Lipinski definition) is 2. The number of hydrogen-bond acceptors (Lipinski definition) is 4. The van der Waals surface area contributed by atoms with Gasteiger partial charge in [0.25, 0.3) is 5.91 Å². The standard InChI is InChI=1S/C18H27N3O3/c1-4-13(5-2)20-18(23)14-7-6-8-15(14)21-17(22)12-9-10-16(24-3)19-11-12/h9-11,13-15H,4-8H2,1-3H3,(H,20,23)(H,21,22)/t14-,15+/m0/s1. The molecule has 0 saturated heterocycles. The Morgan fingerprint density at radius 3 is 2.62 bits per heavy atom. The molecule has 1 saturated carbocycles. The molecule has 0 aliphatic heterocycles. The van der Waals surface area contributed by atoms with E-state index < -0.39 is 0 Å². The van der Waals surface area contributed by atoms with Crippen LogP contribution < -0.4 is 15.4 Å². The lowest BCUT2D eigenvalue weighted by Crippen LogP contribution is -2.46. The highest BCUT2D eigenvalue weighted by Gasteiger charge is 2.34. The van der Waals surface area contributed by atoms with Crippen molar-refractivity contribution >= 4 is 11.8 Å². The van der Waals surface area contributed by atoms with Crippen LogP contribution in [0.3, 0.4) is 0 Å². The number of amides is 2. The first-order valence-corrected chi connectivity index (χ1v) is 8.70. The van der Waals surface area contributed by atoms with Crippen LogP contribution in [-0.2, 0) is 4.79 Å². The summed E-state index contributed by atoms with van der Waals surface area (Å²) in [6.07, 6.45) is 5.93. The summed E-state index contributed by atoms with van der Waals surface area (Å²) < 4.78 is 4.99. The summed E-state index contributed by atoms with van der Waals surface area (Å²) in [6, 6.07) is 3.42. The number of ether oxygens (including phenoxy) is 1. The van der Waals surface area contributed by atoms with Crippen molar-refractivity contribution in [2.45, 2.75) is 58.0 Å². The molecule has 6 nitrogen and oxygen atoms in total. The van der Waals surface area contributed by atoms with E-state index in [0.29, 0.717) is 11.4 Å². The summed E-state index contributed by atoms with van der Waals surface area (Å²) in [4.78, 5) is 28.9. The van der Waals surface area contributed by atoms with Crippen molar-refractivity contribution in [3.63, 3.8) is 0 Å². The van der Waals surface area contributed by atoms with Gasteiger partial charge in [-0.3, -0.25) is 9.59 Å². The van der Waals surface area contributed by atoms with Crippen molar-refractivity contribution in [3.8, 4) is 5.88 Å². The maximum atomic E-state index is 12.5. The van der Waals surface area contributed by atoms with Gasteiger partial charge >= 0.3 is 0 Å². The summed E-state index contributed by atoms with van der Waals surface area (Å²) in [6.45, 7) is 4.14. The Morgan fingerprint density at radius 2 is 2.04 bits per heavy atom. The van der Waals surface area contributed by atoms with Gasteiger partial charge in [0.2, 0.25) is 11.8 Å². The molecular weight excluding hydrogens is 306 g/mol. The Kier molecular flexibility index (Phi) is 6.58. The molecule has 1 aromatic rings. The quantitative estimate of drug-likeness (QED) is 0.802. The van der Waals surface area contributed by atoms with Crippen molar-refractivity contribution in [1.29, 1.82) is 0 Å². The van der Waals surface area contributed by atoms with E-state index >= 15 is 0 Å². The molecular formula is C18H27N3O3. The number of aromatic nitrogens is 1. The van der Waals surface area contributed by atoms with E-state index in [4.69, 9.17) is 4.74 Å². The van der Waals surface area contributed by atoms with Crippen molar-refractivity contribution in [1.82, 2.24) is 15.6 Å². The number of methoxy groups -OCH3 is 1. The highest BCUT2D eigenvalue weighted by molar-refractivity contribution is 5.94. The fourth-order valence-electron chi connectivity index (χ4n) is 3.13. The Balaban J connectivity index is 1.96. The molecule has 1 heterocycles. The number of carbonyl (C=O) groups is 2. The molecule has 1 aromatic heterocycles. The van der Waals surface area contributed by atoms with Gasteiger partial charge in [-0.2, -0.15) is 0 Å². The predicted molar refractivity (Wildman–Crippen MR) is 91.9 cm³/mol. The molecule has 1 aliphatic carbocycles. The molecule has 1 fully saturated rings. The third kappa shape index (κ3) is 4.46. The third-order valence-electron chi connectivity index (χ3n) is 4.71. The van der Waals surface area contributed by atoms with Gasteiger partial charge in [-0.15, -0.1) is 0 Å². The monoisotopic (exact) mass is 333 g/mol. The number of nitrogens with zero attached hydrogens (tertiary/aromatic N) is 1. The van der Waals surface area contributed by atoms with Crippen LogP contribution >= 0.6 is 0 Å². The molecule has 0 aromatic carbocycles. The Bertz CT molecular complexity index is 555. The van der Waals surface area contributed by atoms with Gasteiger partial charge in [-0.25, -0.2) is 4.98 Å². The normalized spacial score (nSPS) is 20.0. The molecule has 2 atom stereocenters. The second-order valence-corrected chi connectivity index (χ2v) is 6.23. The van der Waals surface area contributed by atoms with Crippen LogP contribution in [0.5, 0.6) is 5.88 Å². The molecule has 0 radical (unpaired) electrons. The van der Waals surface area contributed by atoms with E-state index in [0.717, 1.165) is 32.1 Å². The van der Waals surface area contributed by atoms with E-state index in [1.165, 1.54) is 13.3 Å². The SMILES string of the molecule is CCC(CC)NC(=O)[C@H]1CCC[C@H]1NC(=O)c1ccc(OC)nc1. The van der Waals surface area contributed by atoms with Crippen molar-refractivity contribution in [2.24, 2.45) is 5.92 Å². The highest BCUT2D eigenvalue weighted by atomic mass is 16.5. The maximum absolute atomic E-state index is 12.5. The minimum absolute atomic E-state index is 0.0550. The minimum Gasteiger partial charge on any atom is -0.481 e. The molecule has 0 unspecified atom stereocenters. The number of nitrogens with one attached hydrogen (secondary N) is 2.